The normalized spacial score (nSPS) is 11.0. The van der Waals surface area contributed by atoms with Crippen LogP contribution in [0, 0.1) is 13.8 Å². The smallest absolute Gasteiger partial charge is 0.251 e. The molecule has 0 aliphatic rings. The summed E-state index contributed by atoms with van der Waals surface area (Å²) in [4.78, 5) is 21.0. The van der Waals surface area contributed by atoms with E-state index in [2.05, 4.69) is 65.1 Å². The second-order valence-corrected chi connectivity index (χ2v) is 7.63. The summed E-state index contributed by atoms with van der Waals surface area (Å²) in [7, 11) is 0. The average molecular weight is 399 g/mol. The Morgan fingerprint density at radius 1 is 1.03 bits per heavy atom. The molecule has 5 heteroatoms. The zero-order chi connectivity index (χ0) is 20.9. The maximum absolute atomic E-state index is 12.2. The number of imidazole rings is 1. The van der Waals surface area contributed by atoms with Crippen LogP contribution in [-0.2, 0) is 13.0 Å². The molecule has 2 aromatic heterocycles. The molecule has 0 atom stereocenters. The second kappa shape index (κ2) is 8.91. The van der Waals surface area contributed by atoms with E-state index in [-0.39, 0.29) is 5.91 Å². The van der Waals surface area contributed by atoms with Gasteiger partial charge >= 0.3 is 0 Å². The highest BCUT2D eigenvalue weighted by atomic mass is 16.1. The highest BCUT2D eigenvalue weighted by Crippen LogP contribution is 2.21. The Labute approximate surface area is 176 Å². The third kappa shape index (κ3) is 4.40. The van der Waals surface area contributed by atoms with Crippen molar-refractivity contribution in [3.05, 3.63) is 95.1 Å². The van der Waals surface area contributed by atoms with Crippen LogP contribution in [0.25, 0.3) is 11.0 Å². The number of hydrogen-bond acceptors (Lipinski definition) is 3. The lowest BCUT2D eigenvalue weighted by Gasteiger charge is -2.13. The molecule has 0 bridgehead atoms. The van der Waals surface area contributed by atoms with Gasteiger partial charge in [0.15, 0.2) is 0 Å². The van der Waals surface area contributed by atoms with E-state index in [1.165, 1.54) is 16.7 Å². The van der Waals surface area contributed by atoms with E-state index in [9.17, 15) is 4.79 Å². The minimum atomic E-state index is -0.0683. The molecule has 1 N–H and O–H groups in total. The molecular weight excluding hydrogens is 372 g/mol. The summed E-state index contributed by atoms with van der Waals surface area (Å²) in [5, 5.41) is 2.98. The number of hydrogen-bond donors (Lipinski definition) is 1. The van der Waals surface area contributed by atoms with Gasteiger partial charge in [-0.1, -0.05) is 35.9 Å². The van der Waals surface area contributed by atoms with E-state index in [1.54, 1.807) is 24.5 Å². The summed E-state index contributed by atoms with van der Waals surface area (Å²) in [6, 6.07) is 18.3. The maximum atomic E-state index is 12.2. The first-order chi connectivity index (χ1) is 14.6. The van der Waals surface area contributed by atoms with E-state index >= 15 is 0 Å². The van der Waals surface area contributed by atoms with Crippen molar-refractivity contribution in [1.29, 1.82) is 0 Å². The van der Waals surface area contributed by atoms with Crippen molar-refractivity contribution in [2.45, 2.75) is 33.2 Å². The quantitative estimate of drug-likeness (QED) is 0.468. The van der Waals surface area contributed by atoms with Crippen LogP contribution in [0.3, 0.4) is 0 Å². The number of rotatable bonds is 7. The number of aromatic nitrogens is 3. The number of benzene rings is 2. The van der Waals surface area contributed by atoms with Gasteiger partial charge in [-0.3, -0.25) is 9.78 Å². The SMILES string of the molecule is Cc1ccc(C)c(Cn2c(CCCNC(=O)c3ccncc3)nc3ccccc32)c1. The highest BCUT2D eigenvalue weighted by Gasteiger charge is 2.12. The van der Waals surface area contributed by atoms with Crippen LogP contribution >= 0.6 is 0 Å². The van der Waals surface area contributed by atoms with E-state index in [4.69, 9.17) is 4.98 Å². The van der Waals surface area contributed by atoms with Gasteiger partial charge in [0.1, 0.15) is 5.82 Å². The Hall–Kier alpha value is -3.47. The van der Waals surface area contributed by atoms with Crippen molar-refractivity contribution in [1.82, 2.24) is 19.9 Å². The predicted octanol–water partition coefficient (Wildman–Crippen LogP) is 4.46. The van der Waals surface area contributed by atoms with Gasteiger partial charge in [0, 0.05) is 37.5 Å². The molecule has 0 radical (unpaired) electrons. The number of amides is 1. The van der Waals surface area contributed by atoms with E-state index in [1.807, 2.05) is 6.07 Å². The van der Waals surface area contributed by atoms with E-state index in [0.29, 0.717) is 12.1 Å². The van der Waals surface area contributed by atoms with Crippen molar-refractivity contribution < 1.29 is 4.79 Å². The number of aryl methyl sites for hydroxylation is 3. The van der Waals surface area contributed by atoms with Gasteiger partial charge in [-0.15, -0.1) is 0 Å². The maximum Gasteiger partial charge on any atom is 0.251 e. The van der Waals surface area contributed by atoms with Gasteiger partial charge in [0.2, 0.25) is 0 Å². The third-order valence-corrected chi connectivity index (χ3v) is 5.37. The van der Waals surface area contributed by atoms with Gasteiger partial charge in [0.05, 0.1) is 11.0 Å². The standard InChI is InChI=1S/C25H26N4O/c1-18-9-10-19(2)21(16-18)17-29-23-7-4-3-6-22(23)28-24(29)8-5-13-27-25(30)20-11-14-26-15-12-20/h3-4,6-7,9-12,14-16H,5,8,13,17H2,1-2H3,(H,27,30). The Kier molecular flexibility index (Phi) is 5.89. The Morgan fingerprint density at radius 3 is 2.67 bits per heavy atom. The molecule has 0 fully saturated rings. The topological polar surface area (TPSA) is 59.8 Å². The molecule has 2 aromatic carbocycles. The molecule has 4 rings (SSSR count). The molecule has 152 valence electrons. The molecule has 4 aromatic rings. The van der Waals surface area contributed by atoms with Crippen LogP contribution in [-0.4, -0.2) is 27.0 Å². The van der Waals surface area contributed by atoms with Crippen LogP contribution in [0.4, 0.5) is 0 Å². The molecule has 30 heavy (non-hydrogen) atoms. The number of para-hydroxylation sites is 2. The van der Waals surface area contributed by atoms with Gasteiger partial charge in [-0.05, 0) is 55.7 Å². The molecule has 1 amide bonds. The summed E-state index contributed by atoms with van der Waals surface area (Å²) >= 11 is 0. The fraction of sp³-hybridized carbons (Fsp3) is 0.240. The number of carbonyl (C=O) groups excluding carboxylic acids is 1. The summed E-state index contributed by atoms with van der Waals surface area (Å²) < 4.78 is 2.31. The molecule has 0 unspecified atom stereocenters. The summed E-state index contributed by atoms with van der Waals surface area (Å²) in [5.41, 5.74) is 6.65. The molecule has 2 heterocycles. The lowest BCUT2D eigenvalue weighted by Crippen LogP contribution is -2.25. The van der Waals surface area contributed by atoms with Crippen molar-refractivity contribution in [3.63, 3.8) is 0 Å². The summed E-state index contributed by atoms with van der Waals surface area (Å²) in [5.74, 6) is 0.983. The van der Waals surface area contributed by atoms with Crippen LogP contribution < -0.4 is 5.32 Å². The van der Waals surface area contributed by atoms with Gasteiger partial charge in [-0.2, -0.15) is 0 Å². The predicted molar refractivity (Wildman–Crippen MR) is 120 cm³/mol. The minimum Gasteiger partial charge on any atom is -0.352 e. The largest absolute Gasteiger partial charge is 0.352 e. The number of pyridine rings is 1. The Morgan fingerprint density at radius 2 is 1.83 bits per heavy atom. The number of nitrogens with one attached hydrogen (secondary N) is 1. The zero-order valence-corrected chi connectivity index (χ0v) is 17.4. The van der Waals surface area contributed by atoms with Gasteiger partial charge < -0.3 is 9.88 Å². The van der Waals surface area contributed by atoms with Crippen molar-refractivity contribution >= 4 is 16.9 Å². The van der Waals surface area contributed by atoms with Crippen molar-refractivity contribution in [2.75, 3.05) is 6.54 Å². The van der Waals surface area contributed by atoms with E-state index < -0.39 is 0 Å². The zero-order valence-electron chi connectivity index (χ0n) is 17.4. The first-order valence-corrected chi connectivity index (χ1v) is 10.3. The molecule has 0 aliphatic carbocycles. The van der Waals surface area contributed by atoms with Gasteiger partial charge in [0.25, 0.3) is 5.91 Å². The van der Waals surface area contributed by atoms with Crippen LogP contribution in [0.15, 0.2) is 67.0 Å². The van der Waals surface area contributed by atoms with E-state index in [0.717, 1.165) is 36.2 Å². The molecular formula is C25H26N4O. The number of nitrogens with zero attached hydrogens (tertiary/aromatic N) is 3. The number of carbonyl (C=O) groups is 1. The van der Waals surface area contributed by atoms with Gasteiger partial charge in [-0.25, -0.2) is 4.98 Å². The fourth-order valence-electron chi connectivity index (χ4n) is 3.69. The molecule has 0 aliphatic heterocycles. The highest BCUT2D eigenvalue weighted by molar-refractivity contribution is 5.93. The second-order valence-electron chi connectivity index (χ2n) is 7.63. The Balaban J connectivity index is 1.49. The minimum absolute atomic E-state index is 0.0683. The third-order valence-electron chi connectivity index (χ3n) is 5.37. The molecule has 5 nitrogen and oxygen atoms in total. The van der Waals surface area contributed by atoms with Crippen LogP contribution in [0.5, 0.6) is 0 Å². The average Bonchev–Trinajstić information content (AvgIpc) is 3.11. The summed E-state index contributed by atoms with van der Waals surface area (Å²) in [6.07, 6.45) is 4.89. The van der Waals surface area contributed by atoms with Crippen LogP contribution in [0.1, 0.15) is 39.3 Å². The Bertz CT molecular complexity index is 1160. The fourth-order valence-corrected chi connectivity index (χ4v) is 3.69. The van der Waals surface area contributed by atoms with Crippen LogP contribution in [0.2, 0.25) is 0 Å². The first-order valence-electron chi connectivity index (χ1n) is 10.3. The van der Waals surface area contributed by atoms with Crippen molar-refractivity contribution in [2.24, 2.45) is 0 Å². The number of fused-ring (bicyclic) bond motifs is 1. The first kappa shape index (κ1) is 19.8. The lowest BCUT2D eigenvalue weighted by molar-refractivity contribution is 0.0953. The van der Waals surface area contributed by atoms with Crippen molar-refractivity contribution in [3.8, 4) is 0 Å². The monoisotopic (exact) mass is 398 g/mol. The molecule has 0 spiro atoms. The lowest BCUT2D eigenvalue weighted by atomic mass is 10.1. The molecule has 0 saturated heterocycles. The summed E-state index contributed by atoms with van der Waals surface area (Å²) in [6.45, 7) is 5.68. The molecule has 0 saturated carbocycles.